The Morgan fingerprint density at radius 1 is 1.20 bits per heavy atom. The van der Waals surface area contributed by atoms with E-state index < -0.39 is 31.3 Å². The van der Waals surface area contributed by atoms with Crippen LogP contribution in [0, 0.1) is 16.9 Å². The van der Waals surface area contributed by atoms with Crippen LogP contribution in [0.15, 0.2) is 24.3 Å². The molecule has 2 rings (SSSR count). The van der Waals surface area contributed by atoms with Gasteiger partial charge in [0.1, 0.15) is 20.3 Å². The van der Waals surface area contributed by atoms with Crippen molar-refractivity contribution >= 4 is 14.0 Å². The highest BCUT2D eigenvalue weighted by Gasteiger charge is 2.47. The van der Waals surface area contributed by atoms with Crippen LogP contribution < -0.4 is 0 Å². The fourth-order valence-corrected chi connectivity index (χ4v) is 4.25. The molecule has 0 aromatic heterocycles. The molecule has 1 spiro atoms. The van der Waals surface area contributed by atoms with E-state index in [9.17, 15) is 9.90 Å². The van der Waals surface area contributed by atoms with E-state index in [4.69, 9.17) is 14.2 Å². The quantitative estimate of drug-likeness (QED) is 0.364. The first-order valence-corrected chi connectivity index (χ1v) is 14.5. The van der Waals surface area contributed by atoms with Crippen LogP contribution >= 0.6 is 0 Å². The molecule has 1 saturated carbocycles. The van der Waals surface area contributed by atoms with Gasteiger partial charge in [0.2, 0.25) is 0 Å². The fourth-order valence-electron chi connectivity index (χ4n) is 3.73. The van der Waals surface area contributed by atoms with E-state index >= 15 is 0 Å². The summed E-state index contributed by atoms with van der Waals surface area (Å²) in [4.78, 5) is 11.6. The third kappa shape index (κ3) is 7.70. The minimum absolute atomic E-state index is 0.185. The maximum atomic E-state index is 11.6. The van der Waals surface area contributed by atoms with Gasteiger partial charge < -0.3 is 19.3 Å². The Morgan fingerprint density at radius 2 is 1.87 bits per heavy atom. The van der Waals surface area contributed by atoms with E-state index in [1.165, 1.54) is 6.42 Å². The van der Waals surface area contributed by atoms with Crippen LogP contribution in [-0.2, 0) is 19.0 Å². The maximum Gasteiger partial charge on any atom is 0.333 e. The zero-order valence-electron chi connectivity index (χ0n) is 19.4. The molecule has 30 heavy (non-hydrogen) atoms. The highest BCUT2D eigenvalue weighted by atomic mass is 28.3. The van der Waals surface area contributed by atoms with Gasteiger partial charge in [-0.3, -0.25) is 0 Å². The Bertz CT molecular complexity index is 696. The van der Waals surface area contributed by atoms with Crippen molar-refractivity contribution < 1.29 is 24.1 Å². The van der Waals surface area contributed by atoms with Gasteiger partial charge in [-0.25, -0.2) is 4.79 Å². The molecule has 0 aromatic rings. The molecule has 6 heteroatoms. The predicted octanol–water partition coefficient (Wildman–Crippen LogP) is 4.94. The molecule has 5 nitrogen and oxygen atoms in total. The molecule has 2 fully saturated rings. The first-order valence-electron chi connectivity index (χ1n) is 11.0. The highest BCUT2D eigenvalue weighted by Crippen LogP contribution is 2.41. The second kappa shape index (κ2) is 10.3. The summed E-state index contributed by atoms with van der Waals surface area (Å²) in [5.74, 6) is 1.59. The van der Waals surface area contributed by atoms with Gasteiger partial charge >= 0.3 is 5.97 Å². The number of carbonyl (C=O) groups is 1. The average Bonchev–Trinajstić information content (AvgIpc) is 2.93. The van der Waals surface area contributed by atoms with Gasteiger partial charge in [-0.05, 0) is 24.3 Å². The number of aliphatic carboxylic acids is 1. The third-order valence-corrected chi connectivity index (χ3v) is 6.07. The van der Waals surface area contributed by atoms with E-state index in [1.807, 2.05) is 45.1 Å². The van der Waals surface area contributed by atoms with Crippen molar-refractivity contribution in [2.45, 2.75) is 96.6 Å². The van der Waals surface area contributed by atoms with Crippen LogP contribution in [0.1, 0.15) is 52.9 Å². The van der Waals surface area contributed by atoms with E-state index in [0.29, 0.717) is 0 Å². The van der Waals surface area contributed by atoms with Gasteiger partial charge in [-0.15, -0.1) is 5.54 Å². The Kier molecular flexibility index (Phi) is 8.52. The summed E-state index contributed by atoms with van der Waals surface area (Å²) in [5, 5.41) is 9.54. The molecule has 0 aromatic carbocycles. The van der Waals surface area contributed by atoms with Crippen LogP contribution in [-0.4, -0.2) is 49.9 Å². The van der Waals surface area contributed by atoms with E-state index in [-0.39, 0.29) is 18.8 Å². The molecule has 0 bridgehead atoms. The fraction of sp³-hybridized carbons (Fsp3) is 0.708. The monoisotopic (exact) mass is 434 g/mol. The van der Waals surface area contributed by atoms with Gasteiger partial charge in [0.05, 0.1) is 6.61 Å². The molecule has 1 aliphatic carbocycles. The van der Waals surface area contributed by atoms with Crippen molar-refractivity contribution in [3.8, 4) is 11.5 Å². The van der Waals surface area contributed by atoms with Crippen LogP contribution in [0.4, 0.5) is 0 Å². The molecule has 0 amide bonds. The summed E-state index contributed by atoms with van der Waals surface area (Å²) in [6.45, 7) is 12.4. The van der Waals surface area contributed by atoms with Crippen molar-refractivity contribution in [3.05, 3.63) is 24.3 Å². The summed E-state index contributed by atoms with van der Waals surface area (Å²) < 4.78 is 18.5. The standard InChI is InChI=1S/C24H38O5Si/c1-23(2,3)21(22(25)26)27-18-20-19(14-10-7-8-13-17-30(4,5)6)28-24(29-20)15-11-9-12-16-24/h7-8,10,14,19-21H,9,11-12,15-16,18H2,1-6H3,(H,25,26)/b8-7+,14-10+/t19-,20+,21?/m1/s1. The third-order valence-electron chi connectivity index (χ3n) is 5.18. The summed E-state index contributed by atoms with van der Waals surface area (Å²) in [5.41, 5.74) is 2.80. The summed E-state index contributed by atoms with van der Waals surface area (Å²) in [6.07, 6.45) is 11.3. The minimum atomic E-state index is -1.37. The Morgan fingerprint density at radius 3 is 2.43 bits per heavy atom. The second-order valence-corrected chi connectivity index (χ2v) is 15.1. The highest BCUT2D eigenvalue weighted by molar-refractivity contribution is 6.83. The Balaban J connectivity index is 2.07. The molecule has 1 aliphatic heterocycles. The first-order chi connectivity index (χ1) is 13.9. The number of carboxylic acids is 1. The number of ether oxygens (including phenoxy) is 3. The number of allylic oxidation sites excluding steroid dienone is 3. The summed E-state index contributed by atoms with van der Waals surface area (Å²) >= 11 is 0. The lowest BCUT2D eigenvalue weighted by Crippen LogP contribution is -2.40. The predicted molar refractivity (Wildman–Crippen MR) is 122 cm³/mol. The molecule has 1 unspecified atom stereocenters. The van der Waals surface area contributed by atoms with Gasteiger partial charge in [0.25, 0.3) is 0 Å². The molecule has 1 heterocycles. The smallest absolute Gasteiger partial charge is 0.333 e. The number of rotatable bonds is 6. The molecule has 1 N–H and O–H groups in total. The van der Waals surface area contributed by atoms with Crippen molar-refractivity contribution in [1.82, 2.24) is 0 Å². The molecule has 1 saturated heterocycles. The number of hydrogen-bond acceptors (Lipinski definition) is 4. The molecular formula is C24H38O5Si. The van der Waals surface area contributed by atoms with Gasteiger partial charge in [-0.2, -0.15) is 0 Å². The van der Waals surface area contributed by atoms with E-state index in [1.54, 1.807) is 0 Å². The van der Waals surface area contributed by atoms with Gasteiger partial charge in [0, 0.05) is 12.8 Å². The zero-order valence-corrected chi connectivity index (χ0v) is 20.4. The lowest BCUT2D eigenvalue weighted by atomic mass is 9.89. The average molecular weight is 435 g/mol. The van der Waals surface area contributed by atoms with Gasteiger partial charge in [0.15, 0.2) is 11.9 Å². The molecular weight excluding hydrogens is 396 g/mol. The number of carboxylic acid groups (broad SMARTS) is 1. The largest absolute Gasteiger partial charge is 0.479 e. The van der Waals surface area contributed by atoms with Gasteiger partial charge in [-0.1, -0.05) is 71.0 Å². The minimum Gasteiger partial charge on any atom is -0.479 e. The lowest BCUT2D eigenvalue weighted by Gasteiger charge is -2.32. The van der Waals surface area contributed by atoms with E-state index in [0.717, 1.165) is 25.7 Å². The van der Waals surface area contributed by atoms with Crippen LogP contribution in [0.25, 0.3) is 0 Å². The molecule has 2 aliphatic rings. The summed E-state index contributed by atoms with van der Waals surface area (Å²) in [6, 6.07) is 0. The molecule has 0 radical (unpaired) electrons. The van der Waals surface area contributed by atoms with Crippen LogP contribution in [0.3, 0.4) is 0 Å². The van der Waals surface area contributed by atoms with E-state index in [2.05, 4.69) is 31.1 Å². The Hall–Kier alpha value is -1.39. The first kappa shape index (κ1) is 24.9. The maximum absolute atomic E-state index is 11.6. The van der Waals surface area contributed by atoms with Crippen LogP contribution in [0.5, 0.6) is 0 Å². The van der Waals surface area contributed by atoms with Crippen molar-refractivity contribution in [1.29, 1.82) is 0 Å². The van der Waals surface area contributed by atoms with Crippen molar-refractivity contribution in [2.24, 2.45) is 5.41 Å². The SMILES string of the molecule is CC(C)(C)C(OC[C@@H]1OC2(CCCCC2)O[C@@H]1/C=C/C=C/C#C[Si](C)(C)C)C(=O)O. The zero-order chi connectivity index (χ0) is 22.4. The van der Waals surface area contributed by atoms with Crippen LogP contribution in [0.2, 0.25) is 19.6 Å². The van der Waals surface area contributed by atoms with Crippen molar-refractivity contribution in [3.63, 3.8) is 0 Å². The Labute approximate surface area is 182 Å². The lowest BCUT2D eigenvalue weighted by molar-refractivity contribution is -0.198. The molecule has 3 atom stereocenters. The second-order valence-electron chi connectivity index (χ2n) is 10.4. The summed E-state index contributed by atoms with van der Waals surface area (Å²) in [7, 11) is -1.37. The van der Waals surface area contributed by atoms with Crippen molar-refractivity contribution in [2.75, 3.05) is 6.61 Å². The topological polar surface area (TPSA) is 65.0 Å². The normalized spacial score (nSPS) is 25.5. The number of hydrogen-bond donors (Lipinski definition) is 1. The molecule has 168 valence electrons.